The van der Waals surface area contributed by atoms with Crippen LogP contribution in [0, 0.1) is 5.82 Å². The van der Waals surface area contributed by atoms with Crippen LogP contribution in [-0.2, 0) is 17.8 Å². The van der Waals surface area contributed by atoms with Crippen molar-refractivity contribution in [3.63, 3.8) is 0 Å². The molecule has 3 aromatic rings. The fraction of sp³-hybridized carbons (Fsp3) is 0.300. The average Bonchev–Trinajstić information content (AvgIpc) is 2.98. The van der Waals surface area contributed by atoms with Crippen molar-refractivity contribution in [2.45, 2.75) is 32.7 Å². The van der Waals surface area contributed by atoms with Gasteiger partial charge in [-0.3, -0.25) is 4.79 Å². The first-order valence-electron chi connectivity index (χ1n) is 8.62. The number of rotatable bonds is 7. The molecule has 0 bridgehead atoms. The molecule has 1 amide bonds. The number of nitrogens with one attached hydrogen (secondary N) is 1. The summed E-state index contributed by atoms with van der Waals surface area (Å²) in [7, 11) is 0. The highest BCUT2D eigenvalue weighted by atomic mass is 19.1. The van der Waals surface area contributed by atoms with E-state index in [9.17, 15) is 9.18 Å². The highest BCUT2D eigenvalue weighted by molar-refractivity contribution is 5.76. The van der Waals surface area contributed by atoms with Crippen LogP contribution in [0.15, 0.2) is 48.5 Å². The summed E-state index contributed by atoms with van der Waals surface area (Å²) in [5.74, 6) is 0.821. The molecule has 4 nitrogen and oxygen atoms in total. The lowest BCUT2D eigenvalue weighted by Gasteiger charge is -2.10. The Balaban J connectivity index is 1.79. The molecule has 1 aromatic heterocycles. The Morgan fingerprint density at radius 2 is 1.92 bits per heavy atom. The molecule has 0 fully saturated rings. The number of fused-ring (bicyclic) bond motifs is 1. The molecular weight excluding hydrogens is 317 g/mol. The van der Waals surface area contributed by atoms with Crippen LogP contribution in [0.3, 0.4) is 0 Å². The molecule has 3 rings (SSSR count). The number of halogens is 1. The minimum Gasteiger partial charge on any atom is -0.356 e. The Labute approximate surface area is 146 Å². The highest BCUT2D eigenvalue weighted by Crippen LogP contribution is 2.19. The Morgan fingerprint density at radius 3 is 2.68 bits per heavy atom. The average molecular weight is 339 g/mol. The van der Waals surface area contributed by atoms with Gasteiger partial charge in [0.25, 0.3) is 0 Å². The van der Waals surface area contributed by atoms with Gasteiger partial charge in [0.15, 0.2) is 0 Å². The summed E-state index contributed by atoms with van der Waals surface area (Å²) < 4.78 is 15.3. The van der Waals surface area contributed by atoms with E-state index in [0.717, 1.165) is 35.3 Å². The number of nitrogens with zero attached hydrogens (tertiary/aromatic N) is 2. The third-order valence-corrected chi connectivity index (χ3v) is 4.21. The van der Waals surface area contributed by atoms with Crippen LogP contribution in [0.1, 0.15) is 31.2 Å². The largest absolute Gasteiger partial charge is 0.356 e. The molecule has 0 saturated carbocycles. The summed E-state index contributed by atoms with van der Waals surface area (Å²) in [6, 6.07) is 14.6. The molecule has 130 valence electrons. The van der Waals surface area contributed by atoms with Crippen LogP contribution in [-0.4, -0.2) is 22.0 Å². The van der Waals surface area contributed by atoms with E-state index in [1.165, 1.54) is 12.1 Å². The maximum Gasteiger partial charge on any atom is 0.219 e. The van der Waals surface area contributed by atoms with Crippen molar-refractivity contribution in [1.82, 2.24) is 14.9 Å². The van der Waals surface area contributed by atoms with Crippen molar-refractivity contribution in [1.29, 1.82) is 0 Å². The van der Waals surface area contributed by atoms with Crippen LogP contribution >= 0.6 is 0 Å². The third kappa shape index (κ3) is 4.24. The summed E-state index contributed by atoms with van der Waals surface area (Å²) in [4.78, 5) is 16.1. The van der Waals surface area contributed by atoms with Crippen LogP contribution in [0.25, 0.3) is 11.0 Å². The lowest BCUT2D eigenvalue weighted by atomic mass is 10.2. The first-order valence-corrected chi connectivity index (χ1v) is 8.62. The smallest absolute Gasteiger partial charge is 0.219 e. The van der Waals surface area contributed by atoms with Gasteiger partial charge >= 0.3 is 0 Å². The number of hydrogen-bond acceptors (Lipinski definition) is 2. The maximum atomic E-state index is 13.1. The number of aryl methyl sites for hydroxylation is 1. The van der Waals surface area contributed by atoms with Crippen molar-refractivity contribution in [3.8, 4) is 0 Å². The zero-order valence-corrected chi connectivity index (χ0v) is 14.3. The monoisotopic (exact) mass is 339 g/mol. The summed E-state index contributed by atoms with van der Waals surface area (Å²) in [6.07, 6.45) is 2.11. The van der Waals surface area contributed by atoms with Gasteiger partial charge in [-0.25, -0.2) is 9.37 Å². The quantitative estimate of drug-likeness (QED) is 0.668. The maximum absolute atomic E-state index is 13.1. The number of para-hydroxylation sites is 2. The van der Waals surface area contributed by atoms with E-state index in [4.69, 9.17) is 4.98 Å². The lowest BCUT2D eigenvalue weighted by Crippen LogP contribution is -2.23. The Kier molecular flexibility index (Phi) is 5.43. The number of carbonyl (C=O) groups excluding carboxylic acids is 1. The number of aromatic nitrogens is 2. The normalized spacial score (nSPS) is 11.0. The number of benzene rings is 2. The molecule has 0 aliphatic rings. The van der Waals surface area contributed by atoms with E-state index in [-0.39, 0.29) is 11.7 Å². The molecule has 1 heterocycles. The molecule has 0 aliphatic heterocycles. The first-order chi connectivity index (χ1) is 12.2. The molecule has 2 aromatic carbocycles. The summed E-state index contributed by atoms with van der Waals surface area (Å²) in [5.41, 5.74) is 3.06. The highest BCUT2D eigenvalue weighted by Gasteiger charge is 2.11. The van der Waals surface area contributed by atoms with Gasteiger partial charge in [0.05, 0.1) is 11.0 Å². The van der Waals surface area contributed by atoms with Crippen molar-refractivity contribution < 1.29 is 9.18 Å². The first kappa shape index (κ1) is 17.1. The van der Waals surface area contributed by atoms with Crippen LogP contribution < -0.4 is 5.32 Å². The van der Waals surface area contributed by atoms with Gasteiger partial charge in [-0.2, -0.15) is 0 Å². The van der Waals surface area contributed by atoms with Crippen molar-refractivity contribution in [2.24, 2.45) is 0 Å². The van der Waals surface area contributed by atoms with E-state index in [2.05, 4.69) is 9.88 Å². The minimum absolute atomic E-state index is 0.0693. The molecule has 5 heteroatoms. The minimum atomic E-state index is -0.230. The third-order valence-electron chi connectivity index (χ3n) is 4.21. The molecule has 0 saturated heterocycles. The second-order valence-electron chi connectivity index (χ2n) is 6.04. The number of amides is 1. The Bertz CT molecular complexity index is 855. The molecule has 25 heavy (non-hydrogen) atoms. The standard InChI is InChI=1S/C20H22FN3O/c1-2-20(25)22-13-5-8-19-23-17-6-3-4-7-18(17)24(19)14-15-9-11-16(21)12-10-15/h3-4,6-7,9-12H,2,5,8,13-14H2,1H3,(H,22,25). The topological polar surface area (TPSA) is 46.9 Å². The van der Waals surface area contributed by atoms with Gasteiger partial charge < -0.3 is 9.88 Å². The lowest BCUT2D eigenvalue weighted by molar-refractivity contribution is -0.120. The fourth-order valence-electron chi connectivity index (χ4n) is 2.86. The van der Waals surface area contributed by atoms with Gasteiger partial charge in [0, 0.05) is 25.9 Å². The SMILES string of the molecule is CCC(=O)NCCCc1nc2ccccc2n1Cc1ccc(F)cc1. The number of hydrogen-bond donors (Lipinski definition) is 1. The van der Waals surface area contributed by atoms with Gasteiger partial charge in [0.2, 0.25) is 5.91 Å². The van der Waals surface area contributed by atoms with Gasteiger partial charge in [-0.1, -0.05) is 31.2 Å². The van der Waals surface area contributed by atoms with Crippen LogP contribution in [0.5, 0.6) is 0 Å². The zero-order valence-electron chi connectivity index (χ0n) is 14.3. The van der Waals surface area contributed by atoms with Gasteiger partial charge in [-0.15, -0.1) is 0 Å². The van der Waals surface area contributed by atoms with E-state index < -0.39 is 0 Å². The summed E-state index contributed by atoms with van der Waals surface area (Å²) in [5, 5.41) is 2.89. The van der Waals surface area contributed by atoms with Crippen molar-refractivity contribution >= 4 is 16.9 Å². The van der Waals surface area contributed by atoms with E-state index >= 15 is 0 Å². The van der Waals surface area contributed by atoms with Crippen LogP contribution in [0.2, 0.25) is 0 Å². The van der Waals surface area contributed by atoms with E-state index in [0.29, 0.717) is 19.5 Å². The van der Waals surface area contributed by atoms with E-state index in [1.807, 2.05) is 31.2 Å². The fourth-order valence-corrected chi connectivity index (χ4v) is 2.86. The molecule has 0 atom stereocenters. The second-order valence-corrected chi connectivity index (χ2v) is 6.04. The summed E-state index contributed by atoms with van der Waals surface area (Å²) in [6.45, 7) is 3.14. The predicted molar refractivity (Wildman–Crippen MR) is 96.9 cm³/mol. The molecular formula is C20H22FN3O. The molecule has 1 N–H and O–H groups in total. The van der Waals surface area contributed by atoms with Gasteiger partial charge in [0.1, 0.15) is 11.6 Å². The number of imidazole rings is 1. The van der Waals surface area contributed by atoms with Crippen molar-refractivity contribution in [2.75, 3.05) is 6.54 Å². The molecule has 0 radical (unpaired) electrons. The zero-order chi connectivity index (χ0) is 17.6. The Morgan fingerprint density at radius 1 is 1.16 bits per heavy atom. The number of carbonyl (C=O) groups is 1. The predicted octanol–water partition coefficient (Wildman–Crippen LogP) is 3.68. The van der Waals surface area contributed by atoms with Crippen molar-refractivity contribution in [3.05, 3.63) is 65.7 Å². The second kappa shape index (κ2) is 7.92. The molecule has 0 unspecified atom stereocenters. The van der Waals surface area contributed by atoms with Crippen LogP contribution in [0.4, 0.5) is 4.39 Å². The van der Waals surface area contributed by atoms with E-state index in [1.54, 1.807) is 12.1 Å². The molecule has 0 aliphatic carbocycles. The molecule has 0 spiro atoms. The summed E-state index contributed by atoms with van der Waals surface area (Å²) >= 11 is 0. The van der Waals surface area contributed by atoms with Gasteiger partial charge in [-0.05, 0) is 36.2 Å². The Hall–Kier alpha value is -2.69.